The first-order valence-electron chi connectivity index (χ1n) is 7.54. The Labute approximate surface area is 121 Å². The lowest BCUT2D eigenvalue weighted by Crippen LogP contribution is -2.61. The maximum atomic E-state index is 9.68. The Balaban J connectivity index is 1.97. The average molecular weight is 269 g/mol. The van der Waals surface area contributed by atoms with Gasteiger partial charge in [0.2, 0.25) is 0 Å². The van der Waals surface area contributed by atoms with Crippen molar-refractivity contribution in [2.45, 2.75) is 50.9 Å². The van der Waals surface area contributed by atoms with Crippen molar-refractivity contribution >= 4 is 0 Å². The molecule has 2 nitrogen and oxygen atoms in total. The molecule has 0 aromatic heterocycles. The molecule has 2 heteroatoms. The van der Waals surface area contributed by atoms with Gasteiger partial charge in [-0.1, -0.05) is 51.5 Å². The van der Waals surface area contributed by atoms with Gasteiger partial charge in [0.05, 0.1) is 30.1 Å². The Morgan fingerprint density at radius 3 is 2.00 bits per heavy atom. The first kappa shape index (κ1) is 13.6. The molecule has 0 bridgehead atoms. The molecule has 0 unspecified atom stereocenters. The lowest BCUT2D eigenvalue weighted by Gasteiger charge is -2.56. The Morgan fingerprint density at radius 2 is 1.70 bits per heavy atom. The van der Waals surface area contributed by atoms with E-state index in [1.807, 2.05) is 0 Å². The molecule has 0 N–H and O–H groups in total. The van der Waals surface area contributed by atoms with Gasteiger partial charge in [0, 0.05) is 0 Å². The Bertz CT molecular complexity index is 536. The minimum Gasteiger partial charge on any atom is -0.379 e. The Morgan fingerprint density at radius 1 is 1.10 bits per heavy atom. The fourth-order valence-electron chi connectivity index (χ4n) is 3.54. The zero-order valence-electron chi connectivity index (χ0n) is 12.7. The van der Waals surface area contributed by atoms with E-state index in [-0.39, 0.29) is 16.2 Å². The molecule has 0 atom stereocenters. The van der Waals surface area contributed by atoms with Crippen LogP contribution in [0.5, 0.6) is 0 Å². The van der Waals surface area contributed by atoms with E-state index in [0.717, 1.165) is 12.8 Å². The number of nitrogens with zero attached hydrogens (tertiary/aromatic N) is 1. The summed E-state index contributed by atoms with van der Waals surface area (Å²) in [6.45, 7) is 8.09. The molecule has 2 fully saturated rings. The van der Waals surface area contributed by atoms with Gasteiger partial charge in [-0.15, -0.1) is 0 Å². The van der Waals surface area contributed by atoms with E-state index in [0.29, 0.717) is 13.2 Å². The molecule has 1 aromatic carbocycles. The summed E-state index contributed by atoms with van der Waals surface area (Å²) >= 11 is 0. The highest BCUT2D eigenvalue weighted by molar-refractivity contribution is 5.39. The highest BCUT2D eigenvalue weighted by Gasteiger charge is 2.60. The van der Waals surface area contributed by atoms with Crippen molar-refractivity contribution in [3.63, 3.8) is 0 Å². The van der Waals surface area contributed by atoms with Gasteiger partial charge in [0.25, 0.3) is 0 Å². The van der Waals surface area contributed by atoms with Crippen LogP contribution in [-0.4, -0.2) is 13.2 Å². The molecule has 1 saturated heterocycles. The van der Waals surface area contributed by atoms with Crippen molar-refractivity contribution in [2.75, 3.05) is 13.2 Å². The van der Waals surface area contributed by atoms with Gasteiger partial charge in [-0.25, -0.2) is 0 Å². The molecule has 20 heavy (non-hydrogen) atoms. The second-order valence-corrected chi connectivity index (χ2v) is 7.45. The number of ether oxygens (including phenoxy) is 1. The molecular weight excluding hydrogens is 246 g/mol. The molecule has 2 aliphatic rings. The van der Waals surface area contributed by atoms with Crippen molar-refractivity contribution < 1.29 is 4.74 Å². The highest BCUT2D eigenvalue weighted by Crippen LogP contribution is 2.58. The number of hydrogen-bond donors (Lipinski definition) is 0. The zero-order chi connectivity index (χ0) is 14.4. The molecular formula is C18H23NO. The molecule has 3 rings (SSSR count). The van der Waals surface area contributed by atoms with Gasteiger partial charge >= 0.3 is 0 Å². The van der Waals surface area contributed by atoms with E-state index in [1.54, 1.807) is 0 Å². The molecule has 1 aromatic rings. The third-order valence-corrected chi connectivity index (χ3v) is 5.34. The fraction of sp³-hybridized carbons (Fsp3) is 0.611. The summed E-state index contributed by atoms with van der Waals surface area (Å²) in [6.07, 6.45) is 3.22. The molecule has 1 saturated carbocycles. The van der Waals surface area contributed by atoms with E-state index in [1.165, 1.54) is 17.5 Å². The molecule has 1 aliphatic heterocycles. The van der Waals surface area contributed by atoms with Crippen LogP contribution in [0.25, 0.3) is 0 Å². The molecule has 0 radical (unpaired) electrons. The predicted octanol–water partition coefficient (Wildman–Crippen LogP) is 3.95. The van der Waals surface area contributed by atoms with Gasteiger partial charge in [-0.05, 0) is 29.4 Å². The second kappa shape index (κ2) is 4.33. The third-order valence-electron chi connectivity index (χ3n) is 5.34. The summed E-state index contributed by atoms with van der Waals surface area (Å²) in [7, 11) is 0. The monoisotopic (exact) mass is 269 g/mol. The van der Waals surface area contributed by atoms with Gasteiger partial charge in [0.1, 0.15) is 0 Å². The summed E-state index contributed by atoms with van der Waals surface area (Å²) in [5.41, 5.74) is 2.56. The fourth-order valence-corrected chi connectivity index (χ4v) is 3.54. The maximum absolute atomic E-state index is 9.68. The normalized spacial score (nSPS) is 23.3. The largest absolute Gasteiger partial charge is 0.379 e. The topological polar surface area (TPSA) is 33.0 Å². The second-order valence-electron chi connectivity index (χ2n) is 7.45. The van der Waals surface area contributed by atoms with Crippen LogP contribution in [0.1, 0.15) is 51.2 Å². The minimum absolute atomic E-state index is 0.0591. The lowest BCUT2D eigenvalue weighted by molar-refractivity contribution is -0.134. The van der Waals surface area contributed by atoms with E-state index < -0.39 is 0 Å². The number of rotatable bonds is 2. The minimum atomic E-state index is -0.186. The molecule has 1 aliphatic carbocycles. The van der Waals surface area contributed by atoms with Crippen molar-refractivity contribution in [3.8, 4) is 6.07 Å². The summed E-state index contributed by atoms with van der Waals surface area (Å²) in [6, 6.07) is 11.5. The van der Waals surface area contributed by atoms with Gasteiger partial charge in [-0.3, -0.25) is 0 Å². The van der Waals surface area contributed by atoms with Gasteiger partial charge < -0.3 is 4.74 Å². The van der Waals surface area contributed by atoms with Crippen LogP contribution < -0.4 is 0 Å². The Hall–Kier alpha value is -1.33. The van der Waals surface area contributed by atoms with Crippen LogP contribution in [0.4, 0.5) is 0 Å². The molecule has 106 valence electrons. The molecule has 1 heterocycles. The predicted molar refractivity (Wildman–Crippen MR) is 79.5 cm³/mol. The van der Waals surface area contributed by atoms with Crippen molar-refractivity contribution in [1.29, 1.82) is 5.26 Å². The van der Waals surface area contributed by atoms with Crippen LogP contribution in [0, 0.1) is 16.7 Å². The maximum Gasteiger partial charge on any atom is 0.0715 e. The molecule has 0 amide bonds. The SMILES string of the molecule is CC(C)(C)c1ccc(C2(C3(C#N)CCC3)COC2)cc1. The lowest BCUT2D eigenvalue weighted by atomic mass is 9.50. The zero-order valence-corrected chi connectivity index (χ0v) is 12.7. The van der Waals surface area contributed by atoms with E-state index in [2.05, 4.69) is 51.1 Å². The quantitative estimate of drug-likeness (QED) is 0.814. The van der Waals surface area contributed by atoms with Crippen molar-refractivity contribution in [2.24, 2.45) is 5.41 Å². The summed E-state index contributed by atoms with van der Waals surface area (Å²) in [5.74, 6) is 0. The average Bonchev–Trinajstić information content (AvgIpc) is 2.30. The van der Waals surface area contributed by atoms with Crippen molar-refractivity contribution in [1.82, 2.24) is 0 Å². The van der Waals surface area contributed by atoms with Crippen molar-refractivity contribution in [3.05, 3.63) is 35.4 Å². The van der Waals surface area contributed by atoms with Crippen LogP contribution in [-0.2, 0) is 15.6 Å². The third kappa shape index (κ3) is 1.73. The number of hydrogen-bond acceptors (Lipinski definition) is 2. The first-order chi connectivity index (χ1) is 9.44. The van der Waals surface area contributed by atoms with Gasteiger partial charge in [-0.2, -0.15) is 5.26 Å². The molecule has 0 spiro atoms. The highest BCUT2D eigenvalue weighted by atomic mass is 16.5. The van der Waals surface area contributed by atoms with Crippen LogP contribution >= 0.6 is 0 Å². The van der Waals surface area contributed by atoms with E-state index >= 15 is 0 Å². The first-order valence-corrected chi connectivity index (χ1v) is 7.54. The smallest absolute Gasteiger partial charge is 0.0715 e. The van der Waals surface area contributed by atoms with Crippen LogP contribution in [0.15, 0.2) is 24.3 Å². The van der Waals surface area contributed by atoms with E-state index in [4.69, 9.17) is 4.74 Å². The van der Waals surface area contributed by atoms with Crippen LogP contribution in [0.3, 0.4) is 0 Å². The standard InChI is InChI=1S/C18H23NO/c1-16(2,3)14-5-7-15(8-6-14)18(12-20-13-18)17(11-19)9-4-10-17/h5-8H,4,9-10,12-13H2,1-3H3. The number of benzene rings is 1. The van der Waals surface area contributed by atoms with Gasteiger partial charge in [0.15, 0.2) is 0 Å². The summed E-state index contributed by atoms with van der Waals surface area (Å²) in [5, 5.41) is 9.68. The number of nitriles is 1. The Kier molecular flexibility index (Phi) is 2.95. The van der Waals surface area contributed by atoms with Crippen LogP contribution in [0.2, 0.25) is 0 Å². The summed E-state index contributed by atoms with van der Waals surface area (Å²) in [4.78, 5) is 0. The van der Waals surface area contributed by atoms with E-state index in [9.17, 15) is 5.26 Å². The summed E-state index contributed by atoms with van der Waals surface area (Å²) < 4.78 is 5.52.